The van der Waals surface area contributed by atoms with E-state index in [1.54, 1.807) is 10.9 Å². The lowest BCUT2D eigenvalue weighted by molar-refractivity contribution is 0.0836. The van der Waals surface area contributed by atoms with Gasteiger partial charge in [0.2, 0.25) is 0 Å². The molecule has 1 aromatic carbocycles. The average Bonchev–Trinajstić information content (AvgIpc) is 3.26. The van der Waals surface area contributed by atoms with Gasteiger partial charge in [0.25, 0.3) is 0 Å². The van der Waals surface area contributed by atoms with Crippen LogP contribution in [0.25, 0.3) is 22.3 Å². The molecule has 1 saturated heterocycles. The Morgan fingerprint density at radius 1 is 1.03 bits per heavy atom. The molecule has 6 nitrogen and oxygen atoms in total. The summed E-state index contributed by atoms with van der Waals surface area (Å²) in [7, 11) is 1.89. The van der Waals surface area contributed by atoms with Crippen molar-refractivity contribution < 1.29 is 13.5 Å². The maximum Gasteiger partial charge on any atom is 0.163 e. The molecule has 0 bridgehead atoms. The van der Waals surface area contributed by atoms with E-state index in [-0.39, 0.29) is 11.5 Å². The number of hydrogen-bond acceptors (Lipinski definition) is 5. The third kappa shape index (κ3) is 4.80. The first-order valence-electron chi connectivity index (χ1n) is 10.5. The molecule has 5 rings (SSSR count). The maximum absolute atomic E-state index is 14.5. The number of rotatable bonds is 2. The number of pyridine rings is 1. The Balaban J connectivity index is 0.000000354. The zero-order valence-corrected chi connectivity index (χ0v) is 18.3. The lowest BCUT2D eigenvalue weighted by Gasteiger charge is -2.21. The first-order chi connectivity index (χ1) is 15.4. The third-order valence-electron chi connectivity index (χ3n) is 5.56. The first-order valence-corrected chi connectivity index (χ1v) is 10.5. The smallest absolute Gasteiger partial charge is 0.163 e. The first kappa shape index (κ1) is 22.0. The quantitative estimate of drug-likeness (QED) is 0.446. The van der Waals surface area contributed by atoms with Crippen molar-refractivity contribution >= 4 is 11.0 Å². The van der Waals surface area contributed by atoms with Crippen LogP contribution in [0.15, 0.2) is 42.7 Å². The van der Waals surface area contributed by atoms with Crippen LogP contribution < -0.4 is 0 Å². The summed E-state index contributed by atoms with van der Waals surface area (Å²) >= 11 is 0. The van der Waals surface area contributed by atoms with Gasteiger partial charge in [-0.25, -0.2) is 23.7 Å². The van der Waals surface area contributed by atoms with E-state index in [0.29, 0.717) is 35.8 Å². The Bertz CT molecular complexity index is 1220. The largest absolute Gasteiger partial charge is 0.381 e. The summed E-state index contributed by atoms with van der Waals surface area (Å²) in [4.78, 5) is 13.9. The van der Waals surface area contributed by atoms with E-state index in [9.17, 15) is 8.78 Å². The van der Waals surface area contributed by atoms with Crippen LogP contribution in [-0.2, 0) is 11.8 Å². The second kappa shape index (κ2) is 9.48. The molecule has 0 saturated carbocycles. The SMILES string of the molecule is Cc1cc2c(-c3ccc(F)cc3F)nc(C3CCOCC3)nc2nc1C.Cn1cccn1. The topological polar surface area (TPSA) is 65.7 Å². The number of fused-ring (bicyclic) bond motifs is 1. The fourth-order valence-corrected chi connectivity index (χ4v) is 3.63. The van der Waals surface area contributed by atoms with Gasteiger partial charge in [-0.1, -0.05) is 0 Å². The van der Waals surface area contributed by atoms with E-state index in [1.165, 1.54) is 12.1 Å². The summed E-state index contributed by atoms with van der Waals surface area (Å²) in [5, 5.41) is 4.51. The van der Waals surface area contributed by atoms with Crippen molar-refractivity contribution in [1.29, 1.82) is 0 Å². The second-order valence-electron chi connectivity index (χ2n) is 7.88. The van der Waals surface area contributed by atoms with E-state index >= 15 is 0 Å². The Hall–Kier alpha value is -3.26. The van der Waals surface area contributed by atoms with Gasteiger partial charge in [-0.3, -0.25) is 4.68 Å². The maximum atomic E-state index is 14.5. The number of aryl methyl sites for hydroxylation is 3. The highest BCUT2D eigenvalue weighted by Crippen LogP contribution is 2.32. The molecule has 0 spiro atoms. The molecule has 0 N–H and O–H groups in total. The zero-order valence-electron chi connectivity index (χ0n) is 18.3. The van der Waals surface area contributed by atoms with Gasteiger partial charge in [0, 0.05) is 61.3 Å². The Labute approximate surface area is 185 Å². The molecule has 1 aliphatic heterocycles. The van der Waals surface area contributed by atoms with E-state index in [1.807, 2.05) is 39.2 Å². The van der Waals surface area contributed by atoms with E-state index in [4.69, 9.17) is 4.74 Å². The summed E-state index contributed by atoms with van der Waals surface area (Å²) in [6.07, 6.45) is 5.28. The Morgan fingerprint density at radius 2 is 1.81 bits per heavy atom. The standard InChI is InChI=1S/C20H19F2N3O.C4H6N2/c1-11-9-16-18(15-4-3-14(21)10-17(15)22)24-19(13-5-7-26-8-6-13)25-20(16)23-12(11)2;1-6-4-2-3-5-6/h3-4,9-10,13H,5-8H2,1-2H3;2-4H,1H3. The fraction of sp³-hybridized carbons (Fsp3) is 0.333. The summed E-state index contributed by atoms with van der Waals surface area (Å²) < 4.78 is 35.0. The van der Waals surface area contributed by atoms with Crippen molar-refractivity contribution in [3.05, 3.63) is 71.4 Å². The zero-order chi connectivity index (χ0) is 22.7. The van der Waals surface area contributed by atoms with Gasteiger partial charge >= 0.3 is 0 Å². The lowest BCUT2D eigenvalue weighted by Crippen LogP contribution is -2.17. The van der Waals surface area contributed by atoms with E-state index < -0.39 is 11.6 Å². The van der Waals surface area contributed by atoms with E-state index in [0.717, 1.165) is 30.2 Å². The number of aromatic nitrogens is 5. The molecule has 8 heteroatoms. The third-order valence-corrected chi connectivity index (χ3v) is 5.56. The molecular weight excluding hydrogens is 412 g/mol. The van der Waals surface area contributed by atoms with Crippen molar-refractivity contribution in [1.82, 2.24) is 24.7 Å². The van der Waals surface area contributed by atoms with Gasteiger partial charge in [-0.05, 0) is 56.5 Å². The number of ether oxygens (including phenoxy) is 1. The minimum absolute atomic E-state index is 0.152. The van der Waals surface area contributed by atoms with Gasteiger partial charge in [-0.2, -0.15) is 5.10 Å². The molecule has 0 atom stereocenters. The molecule has 0 aliphatic carbocycles. The van der Waals surface area contributed by atoms with Crippen molar-refractivity contribution in [3.63, 3.8) is 0 Å². The molecule has 166 valence electrons. The van der Waals surface area contributed by atoms with Crippen LogP contribution in [0.2, 0.25) is 0 Å². The van der Waals surface area contributed by atoms with Crippen LogP contribution in [0.4, 0.5) is 8.78 Å². The molecular formula is C24H25F2N5O. The number of nitrogens with zero attached hydrogens (tertiary/aromatic N) is 5. The van der Waals surface area contributed by atoms with Crippen molar-refractivity contribution in [3.8, 4) is 11.3 Å². The van der Waals surface area contributed by atoms with Crippen LogP contribution in [-0.4, -0.2) is 37.9 Å². The van der Waals surface area contributed by atoms with Crippen molar-refractivity contribution in [2.45, 2.75) is 32.6 Å². The molecule has 0 radical (unpaired) electrons. The van der Waals surface area contributed by atoms with E-state index in [2.05, 4.69) is 20.1 Å². The normalized spacial score (nSPS) is 14.3. The second-order valence-corrected chi connectivity index (χ2v) is 7.88. The lowest BCUT2D eigenvalue weighted by atomic mass is 9.98. The highest BCUT2D eigenvalue weighted by molar-refractivity contribution is 5.91. The van der Waals surface area contributed by atoms with Crippen LogP contribution in [0, 0.1) is 25.5 Å². The molecule has 1 aliphatic rings. The molecule has 4 aromatic rings. The Morgan fingerprint density at radius 3 is 2.44 bits per heavy atom. The molecule has 0 amide bonds. The minimum atomic E-state index is -0.638. The van der Waals surface area contributed by atoms with Crippen LogP contribution >= 0.6 is 0 Å². The van der Waals surface area contributed by atoms with Gasteiger partial charge in [0.1, 0.15) is 17.5 Å². The van der Waals surface area contributed by atoms with Crippen LogP contribution in [0.5, 0.6) is 0 Å². The summed E-state index contributed by atoms with van der Waals surface area (Å²) in [5.41, 5.74) is 3.12. The predicted octanol–water partition coefficient (Wildman–Crippen LogP) is 4.90. The van der Waals surface area contributed by atoms with Crippen molar-refractivity contribution in [2.75, 3.05) is 13.2 Å². The summed E-state index contributed by atoms with van der Waals surface area (Å²) in [5.74, 6) is -0.449. The highest BCUT2D eigenvalue weighted by atomic mass is 19.1. The van der Waals surface area contributed by atoms with Crippen LogP contribution in [0.1, 0.15) is 35.8 Å². The minimum Gasteiger partial charge on any atom is -0.381 e. The molecule has 1 fully saturated rings. The van der Waals surface area contributed by atoms with Gasteiger partial charge in [0.05, 0.1) is 5.69 Å². The monoisotopic (exact) mass is 437 g/mol. The van der Waals surface area contributed by atoms with Gasteiger partial charge in [-0.15, -0.1) is 0 Å². The number of benzene rings is 1. The molecule has 3 aromatic heterocycles. The van der Waals surface area contributed by atoms with Gasteiger partial charge < -0.3 is 4.74 Å². The number of halogens is 2. The van der Waals surface area contributed by atoms with Gasteiger partial charge in [0.15, 0.2) is 5.65 Å². The Kier molecular flexibility index (Phi) is 6.50. The molecule has 4 heterocycles. The summed E-state index contributed by atoms with van der Waals surface area (Å²) in [6, 6.07) is 7.36. The molecule has 0 unspecified atom stereocenters. The molecule has 32 heavy (non-hydrogen) atoms. The summed E-state index contributed by atoms with van der Waals surface area (Å²) in [6.45, 7) is 5.18. The number of hydrogen-bond donors (Lipinski definition) is 0. The fourth-order valence-electron chi connectivity index (χ4n) is 3.63. The average molecular weight is 437 g/mol. The highest BCUT2D eigenvalue weighted by Gasteiger charge is 2.22. The predicted molar refractivity (Wildman–Crippen MR) is 118 cm³/mol. The van der Waals surface area contributed by atoms with Crippen LogP contribution in [0.3, 0.4) is 0 Å². The van der Waals surface area contributed by atoms with Crippen molar-refractivity contribution in [2.24, 2.45) is 7.05 Å².